The maximum atomic E-state index is 12.3. The maximum absolute atomic E-state index is 12.3. The summed E-state index contributed by atoms with van der Waals surface area (Å²) in [5.74, 6) is -0.392. The van der Waals surface area contributed by atoms with E-state index in [2.05, 4.69) is 15.5 Å². The van der Waals surface area contributed by atoms with Gasteiger partial charge in [-0.2, -0.15) is 0 Å². The van der Waals surface area contributed by atoms with Crippen LogP contribution in [-0.4, -0.2) is 34.7 Å². The van der Waals surface area contributed by atoms with Crippen molar-refractivity contribution in [2.75, 3.05) is 5.32 Å². The largest absolute Gasteiger partial charge is 0.403 e. The van der Waals surface area contributed by atoms with Gasteiger partial charge in [-0.25, -0.2) is 8.42 Å². The number of nitrogens with one attached hydrogen (secondary N) is 1. The number of rotatable bonds is 7. The van der Waals surface area contributed by atoms with E-state index >= 15 is 0 Å². The van der Waals surface area contributed by atoms with Crippen molar-refractivity contribution in [3.63, 3.8) is 0 Å². The Morgan fingerprint density at radius 2 is 1.87 bits per heavy atom. The van der Waals surface area contributed by atoms with Crippen LogP contribution in [-0.2, 0) is 21.1 Å². The second-order valence-electron chi connectivity index (χ2n) is 6.68. The molecule has 3 aromatic rings. The fraction of sp³-hybridized carbons (Fsp3) is 0.211. The Balaban J connectivity index is 1.71. The first-order valence-corrected chi connectivity index (χ1v) is 10.4. The van der Waals surface area contributed by atoms with Crippen LogP contribution >= 0.6 is 0 Å². The quantitative estimate of drug-likeness (QED) is 0.445. The normalized spacial score (nSPS) is 11.4. The number of aromatic nitrogens is 2. The van der Waals surface area contributed by atoms with Gasteiger partial charge in [-0.3, -0.25) is 20.2 Å². The number of hydrogen-bond donors (Lipinski definition) is 1. The number of benzene rings is 2. The number of hydrogen-bond acceptors (Lipinski definition) is 8. The predicted octanol–water partition coefficient (Wildman–Crippen LogP) is 3.01. The Morgan fingerprint density at radius 1 is 1.17 bits per heavy atom. The van der Waals surface area contributed by atoms with Gasteiger partial charge in [0.1, 0.15) is 0 Å². The van der Waals surface area contributed by atoms with E-state index in [9.17, 15) is 23.3 Å². The molecule has 1 heterocycles. The van der Waals surface area contributed by atoms with Gasteiger partial charge >= 0.3 is 6.01 Å². The first-order chi connectivity index (χ1) is 14.2. The molecule has 156 valence electrons. The van der Waals surface area contributed by atoms with Crippen LogP contribution in [0.15, 0.2) is 57.8 Å². The van der Waals surface area contributed by atoms with Crippen molar-refractivity contribution >= 4 is 27.4 Å². The summed E-state index contributed by atoms with van der Waals surface area (Å²) in [6.07, 6.45) is -0.0438. The van der Waals surface area contributed by atoms with Crippen molar-refractivity contribution in [1.29, 1.82) is 0 Å². The van der Waals surface area contributed by atoms with Crippen LogP contribution in [0.25, 0.3) is 11.5 Å². The topological polar surface area (TPSA) is 145 Å². The predicted molar refractivity (Wildman–Crippen MR) is 107 cm³/mol. The molecular formula is C19H18N4O6S. The van der Waals surface area contributed by atoms with Gasteiger partial charge in [0.25, 0.3) is 5.69 Å². The Kier molecular flexibility index (Phi) is 5.92. The van der Waals surface area contributed by atoms with E-state index in [4.69, 9.17) is 4.42 Å². The first kappa shape index (κ1) is 21.1. The van der Waals surface area contributed by atoms with Gasteiger partial charge in [-0.15, -0.1) is 5.10 Å². The van der Waals surface area contributed by atoms with E-state index < -0.39 is 25.9 Å². The Bertz CT molecular complexity index is 1190. The molecule has 0 aliphatic heterocycles. The third-order valence-corrected chi connectivity index (χ3v) is 6.37. The summed E-state index contributed by atoms with van der Waals surface area (Å²) in [6.45, 7) is 3.18. The zero-order valence-corrected chi connectivity index (χ0v) is 16.9. The van der Waals surface area contributed by atoms with Crippen LogP contribution < -0.4 is 5.32 Å². The summed E-state index contributed by atoms with van der Waals surface area (Å²) in [4.78, 5) is 22.4. The molecule has 0 bridgehead atoms. The molecule has 0 unspecified atom stereocenters. The monoisotopic (exact) mass is 430 g/mol. The van der Waals surface area contributed by atoms with E-state index in [1.54, 1.807) is 26.0 Å². The number of sulfone groups is 1. The third kappa shape index (κ3) is 4.69. The van der Waals surface area contributed by atoms with Crippen molar-refractivity contribution in [3.05, 3.63) is 64.2 Å². The second-order valence-corrected chi connectivity index (χ2v) is 9.19. The van der Waals surface area contributed by atoms with Gasteiger partial charge in [0.05, 0.1) is 21.5 Å². The molecule has 30 heavy (non-hydrogen) atoms. The Labute approximate surface area is 172 Å². The van der Waals surface area contributed by atoms with Crippen molar-refractivity contribution in [3.8, 4) is 11.5 Å². The van der Waals surface area contributed by atoms with E-state index in [1.165, 1.54) is 36.4 Å². The highest BCUT2D eigenvalue weighted by atomic mass is 32.2. The molecule has 1 N–H and O–H groups in total. The molecule has 0 atom stereocenters. The summed E-state index contributed by atoms with van der Waals surface area (Å²) < 4.78 is 30.1. The van der Waals surface area contributed by atoms with Crippen molar-refractivity contribution in [1.82, 2.24) is 10.2 Å². The Hall–Kier alpha value is -3.60. The Morgan fingerprint density at radius 3 is 2.50 bits per heavy atom. The molecule has 0 spiro atoms. The van der Waals surface area contributed by atoms with E-state index in [0.717, 1.165) is 0 Å². The molecule has 3 rings (SSSR count). The molecule has 0 radical (unpaired) electrons. The standard InChI is InChI=1S/C19H18N4O6S/c1-12(2)30(27,28)16-5-3-4-14(11-16)18-21-22-19(29-18)20-17(24)10-13-6-8-15(9-7-13)23(25)26/h3-9,11-12H,10H2,1-2H3,(H,20,22,24). The molecule has 1 amide bonds. The van der Waals surface area contributed by atoms with Crippen molar-refractivity contribution < 1.29 is 22.6 Å². The van der Waals surface area contributed by atoms with Crippen LogP contribution in [0.2, 0.25) is 0 Å². The highest BCUT2D eigenvalue weighted by Crippen LogP contribution is 2.25. The number of nitro groups is 1. The molecule has 11 heteroatoms. The number of carbonyl (C=O) groups excluding carboxylic acids is 1. The van der Waals surface area contributed by atoms with Crippen LogP contribution in [0.4, 0.5) is 11.7 Å². The average Bonchev–Trinajstić information content (AvgIpc) is 3.16. The molecular weight excluding hydrogens is 412 g/mol. The van der Waals surface area contributed by atoms with Gasteiger partial charge in [0.15, 0.2) is 9.84 Å². The molecule has 10 nitrogen and oxygen atoms in total. The molecule has 0 aliphatic carbocycles. The molecule has 2 aromatic carbocycles. The van der Waals surface area contributed by atoms with Crippen LogP contribution in [0.1, 0.15) is 19.4 Å². The van der Waals surface area contributed by atoms with Gasteiger partial charge < -0.3 is 4.42 Å². The molecule has 0 fully saturated rings. The minimum atomic E-state index is -3.46. The maximum Gasteiger partial charge on any atom is 0.322 e. The number of non-ortho nitro benzene ring substituents is 1. The van der Waals surface area contributed by atoms with Crippen LogP contribution in [0, 0.1) is 10.1 Å². The lowest BCUT2D eigenvalue weighted by atomic mass is 10.1. The number of carbonyl (C=O) groups is 1. The smallest absolute Gasteiger partial charge is 0.322 e. The van der Waals surface area contributed by atoms with Crippen molar-refractivity contribution in [2.45, 2.75) is 30.4 Å². The van der Waals surface area contributed by atoms with Gasteiger partial charge in [0.2, 0.25) is 11.8 Å². The fourth-order valence-corrected chi connectivity index (χ4v) is 3.66. The summed E-state index contributed by atoms with van der Waals surface area (Å²) in [6, 6.07) is 11.6. The number of nitrogens with zero attached hydrogens (tertiary/aromatic N) is 3. The third-order valence-electron chi connectivity index (χ3n) is 4.21. The number of amides is 1. The highest BCUT2D eigenvalue weighted by molar-refractivity contribution is 7.92. The first-order valence-electron chi connectivity index (χ1n) is 8.88. The lowest BCUT2D eigenvalue weighted by molar-refractivity contribution is -0.384. The van der Waals surface area contributed by atoms with Gasteiger partial charge in [-0.05, 0) is 37.6 Å². The molecule has 0 saturated carbocycles. The highest BCUT2D eigenvalue weighted by Gasteiger charge is 2.20. The summed E-state index contributed by atoms with van der Waals surface area (Å²) >= 11 is 0. The summed E-state index contributed by atoms with van der Waals surface area (Å²) in [5, 5.41) is 20.1. The second kappa shape index (κ2) is 8.41. The zero-order chi connectivity index (χ0) is 21.9. The molecule has 1 aromatic heterocycles. The van der Waals surface area contributed by atoms with Gasteiger partial charge in [0, 0.05) is 17.7 Å². The van der Waals surface area contributed by atoms with Crippen LogP contribution in [0.5, 0.6) is 0 Å². The molecule has 0 saturated heterocycles. The average molecular weight is 430 g/mol. The fourth-order valence-electron chi connectivity index (χ4n) is 2.55. The summed E-state index contributed by atoms with van der Waals surface area (Å²) in [7, 11) is -3.46. The summed E-state index contributed by atoms with van der Waals surface area (Å²) in [5.41, 5.74) is 0.909. The lowest BCUT2D eigenvalue weighted by Crippen LogP contribution is -2.14. The minimum absolute atomic E-state index is 0.0438. The van der Waals surface area contributed by atoms with Crippen LogP contribution in [0.3, 0.4) is 0 Å². The van der Waals surface area contributed by atoms with Gasteiger partial charge in [-0.1, -0.05) is 23.3 Å². The zero-order valence-electron chi connectivity index (χ0n) is 16.1. The minimum Gasteiger partial charge on any atom is -0.403 e. The molecule has 0 aliphatic rings. The SMILES string of the molecule is CC(C)S(=O)(=O)c1cccc(-c2nnc(NC(=O)Cc3ccc([N+](=O)[O-])cc3)o2)c1. The van der Waals surface area contributed by atoms with E-state index in [-0.39, 0.29) is 28.9 Å². The van der Waals surface area contributed by atoms with E-state index in [1.807, 2.05) is 0 Å². The number of nitro benzene ring substituents is 1. The lowest BCUT2D eigenvalue weighted by Gasteiger charge is -2.08. The van der Waals surface area contributed by atoms with Crippen molar-refractivity contribution in [2.24, 2.45) is 0 Å². The van der Waals surface area contributed by atoms with E-state index in [0.29, 0.717) is 11.1 Å². The number of anilines is 1.